The van der Waals surface area contributed by atoms with Gasteiger partial charge in [-0.25, -0.2) is 0 Å². The van der Waals surface area contributed by atoms with Gasteiger partial charge in [0.15, 0.2) is 5.78 Å². The highest BCUT2D eigenvalue weighted by Gasteiger charge is 2.49. The van der Waals surface area contributed by atoms with E-state index in [2.05, 4.69) is 35.6 Å². The number of carbonyl (C=O) groups excluding carboxylic acids is 1. The summed E-state index contributed by atoms with van der Waals surface area (Å²) >= 11 is 0. The molecule has 1 fully saturated rings. The first kappa shape index (κ1) is 14.0. The lowest BCUT2D eigenvalue weighted by Crippen LogP contribution is -2.97. The molecule has 1 aromatic rings. The summed E-state index contributed by atoms with van der Waals surface area (Å²) in [6.07, 6.45) is 7.07. The molecule has 0 spiro atoms. The minimum Gasteiger partial charge on any atom is -0.444 e. The number of ketones is 1. The summed E-state index contributed by atoms with van der Waals surface area (Å²) in [6.45, 7) is 0.949. The number of Topliss-reactive ketones (excluding diaryl/α,β-unsaturated/α-hetero) is 1. The minimum absolute atomic E-state index is 0.130. The number of allylic oxidation sites excluding steroid dienone is 2. The molecule has 2 N–H and O–H groups in total. The van der Waals surface area contributed by atoms with Gasteiger partial charge in [0.05, 0.1) is 0 Å². The van der Waals surface area contributed by atoms with Crippen molar-refractivity contribution in [3.8, 4) is 0 Å². The topological polar surface area (TPSA) is 42.9 Å². The molecule has 1 heterocycles. The molecule has 22 heavy (non-hydrogen) atoms. The second-order valence-electron chi connectivity index (χ2n) is 6.97. The van der Waals surface area contributed by atoms with E-state index in [-0.39, 0.29) is 5.72 Å². The fourth-order valence-electron chi connectivity index (χ4n) is 4.39. The number of fused-ring (bicyclic) bond motifs is 3. The van der Waals surface area contributed by atoms with Gasteiger partial charge >= 0.3 is 0 Å². The van der Waals surface area contributed by atoms with Crippen molar-refractivity contribution in [3.05, 3.63) is 47.2 Å². The van der Waals surface area contributed by atoms with Gasteiger partial charge in [0, 0.05) is 42.7 Å². The predicted molar refractivity (Wildman–Crippen MR) is 83.7 cm³/mol. The van der Waals surface area contributed by atoms with Crippen molar-refractivity contribution in [3.63, 3.8) is 0 Å². The summed E-state index contributed by atoms with van der Waals surface area (Å²) in [7, 11) is 0. The summed E-state index contributed by atoms with van der Waals surface area (Å²) in [4.78, 5) is 12.3. The van der Waals surface area contributed by atoms with E-state index in [0.717, 1.165) is 56.4 Å². The lowest BCUT2D eigenvalue weighted by atomic mass is 9.73. The molecule has 116 valence electrons. The molecule has 3 nitrogen and oxygen atoms in total. The first-order valence-electron chi connectivity index (χ1n) is 8.59. The van der Waals surface area contributed by atoms with Crippen LogP contribution in [0.2, 0.25) is 0 Å². The first-order valence-corrected chi connectivity index (χ1v) is 8.59. The van der Waals surface area contributed by atoms with Gasteiger partial charge in [-0.3, -0.25) is 4.79 Å². The first-order chi connectivity index (χ1) is 10.8. The van der Waals surface area contributed by atoms with E-state index < -0.39 is 0 Å². The summed E-state index contributed by atoms with van der Waals surface area (Å²) in [5, 5.41) is 2.37. The highest BCUT2D eigenvalue weighted by Crippen LogP contribution is 2.45. The van der Waals surface area contributed by atoms with Gasteiger partial charge in [-0.2, -0.15) is 0 Å². The van der Waals surface area contributed by atoms with E-state index in [0.29, 0.717) is 11.7 Å². The Balaban J connectivity index is 1.56. The summed E-state index contributed by atoms with van der Waals surface area (Å²) in [6, 6.07) is 10.6. The van der Waals surface area contributed by atoms with Gasteiger partial charge in [-0.1, -0.05) is 30.3 Å². The lowest BCUT2D eigenvalue weighted by Gasteiger charge is -2.45. The van der Waals surface area contributed by atoms with Gasteiger partial charge in [0.2, 0.25) is 5.72 Å². The van der Waals surface area contributed by atoms with Crippen molar-refractivity contribution < 1.29 is 14.8 Å². The fraction of sp³-hybridized carbons (Fsp3) is 0.526. The maximum Gasteiger partial charge on any atom is 0.240 e. The number of carbonyl (C=O) groups is 1. The molecule has 4 rings (SSSR count). The molecular weight excluding hydrogens is 274 g/mol. The zero-order chi connectivity index (χ0) is 15.0. The molecule has 0 radical (unpaired) electrons. The van der Waals surface area contributed by atoms with Crippen LogP contribution in [0.25, 0.3) is 0 Å². The Morgan fingerprint density at radius 1 is 1.18 bits per heavy atom. The van der Waals surface area contributed by atoms with Crippen LogP contribution >= 0.6 is 0 Å². The molecule has 2 bridgehead atoms. The predicted octanol–water partition coefficient (Wildman–Crippen LogP) is 2.67. The van der Waals surface area contributed by atoms with E-state index >= 15 is 0 Å². The fourth-order valence-corrected chi connectivity index (χ4v) is 4.39. The third-order valence-electron chi connectivity index (χ3n) is 5.44. The Labute approximate surface area is 131 Å². The Morgan fingerprint density at radius 2 is 2.05 bits per heavy atom. The number of nitrogens with two attached hydrogens (primary N) is 1. The van der Waals surface area contributed by atoms with Crippen molar-refractivity contribution in [1.82, 2.24) is 0 Å². The van der Waals surface area contributed by atoms with Crippen LogP contribution in [0, 0.1) is 5.92 Å². The van der Waals surface area contributed by atoms with Gasteiger partial charge in [0.1, 0.15) is 12.3 Å². The maximum atomic E-state index is 12.3. The van der Waals surface area contributed by atoms with Gasteiger partial charge in [0.25, 0.3) is 0 Å². The largest absolute Gasteiger partial charge is 0.444 e. The van der Waals surface area contributed by atoms with Crippen molar-refractivity contribution in [2.45, 2.75) is 57.2 Å². The van der Waals surface area contributed by atoms with Crippen LogP contribution in [-0.2, 0) is 16.1 Å². The van der Waals surface area contributed by atoms with E-state index in [1.54, 1.807) is 0 Å². The Morgan fingerprint density at radius 3 is 2.91 bits per heavy atom. The number of quaternary nitrogens is 1. The molecule has 3 heteroatoms. The zero-order valence-corrected chi connectivity index (χ0v) is 13.0. The molecule has 2 atom stereocenters. The molecule has 0 amide bonds. The van der Waals surface area contributed by atoms with Crippen LogP contribution in [-0.4, -0.2) is 11.5 Å². The molecular formula is C19H24NO2+. The van der Waals surface area contributed by atoms with E-state index in [1.807, 2.05) is 0 Å². The summed E-state index contributed by atoms with van der Waals surface area (Å²) in [5.41, 5.74) is 2.26. The van der Waals surface area contributed by atoms with Crippen molar-refractivity contribution in [2.75, 3.05) is 0 Å². The standard InChI is InChI=1S/C19H23NO2/c21-16-9-4-10-17-18(16)15-8-5-11-19(12-15,22-17)20-13-14-6-2-1-3-7-14/h1-3,6-7,15,20H,4-5,8-13H2/p+1/t15-,19+/m0/s1. The van der Waals surface area contributed by atoms with Crippen LogP contribution in [0.15, 0.2) is 41.7 Å². The third kappa shape index (κ3) is 2.48. The van der Waals surface area contributed by atoms with Gasteiger partial charge in [-0.05, 0) is 19.3 Å². The average molecular weight is 298 g/mol. The second-order valence-corrected chi connectivity index (χ2v) is 6.97. The van der Waals surface area contributed by atoms with E-state index in [9.17, 15) is 4.79 Å². The quantitative estimate of drug-likeness (QED) is 0.932. The normalized spacial score (nSPS) is 30.7. The smallest absolute Gasteiger partial charge is 0.240 e. The molecule has 1 aliphatic heterocycles. The molecule has 1 saturated carbocycles. The summed E-state index contributed by atoms with van der Waals surface area (Å²) < 4.78 is 6.44. The molecule has 1 aromatic carbocycles. The number of hydrogen-bond donors (Lipinski definition) is 1. The van der Waals surface area contributed by atoms with Crippen molar-refractivity contribution in [1.29, 1.82) is 0 Å². The van der Waals surface area contributed by atoms with E-state index in [4.69, 9.17) is 4.74 Å². The van der Waals surface area contributed by atoms with Crippen LogP contribution < -0.4 is 5.32 Å². The highest BCUT2D eigenvalue weighted by atomic mass is 16.5. The SMILES string of the molecule is O=C1CCCC2=C1[C@H]1CCC[C@]([NH2+]Cc3ccccc3)(C1)O2. The maximum absolute atomic E-state index is 12.3. The molecule has 2 aliphatic carbocycles. The monoisotopic (exact) mass is 298 g/mol. The second kappa shape index (κ2) is 5.54. The van der Waals surface area contributed by atoms with Crippen LogP contribution in [0.1, 0.15) is 50.5 Å². The molecule has 0 aromatic heterocycles. The highest BCUT2D eigenvalue weighted by molar-refractivity contribution is 5.97. The molecule has 0 unspecified atom stereocenters. The van der Waals surface area contributed by atoms with Crippen LogP contribution in [0.4, 0.5) is 0 Å². The molecule has 0 saturated heterocycles. The zero-order valence-electron chi connectivity index (χ0n) is 13.0. The minimum atomic E-state index is -0.130. The average Bonchev–Trinajstić information content (AvgIpc) is 2.54. The Hall–Kier alpha value is -1.61. The van der Waals surface area contributed by atoms with Crippen LogP contribution in [0.5, 0.6) is 0 Å². The number of rotatable bonds is 3. The Bertz CT molecular complexity index is 607. The lowest BCUT2D eigenvalue weighted by molar-refractivity contribution is -0.785. The van der Waals surface area contributed by atoms with Crippen molar-refractivity contribution in [2.24, 2.45) is 5.92 Å². The molecule has 3 aliphatic rings. The number of ether oxygens (including phenoxy) is 1. The van der Waals surface area contributed by atoms with Crippen LogP contribution in [0.3, 0.4) is 0 Å². The van der Waals surface area contributed by atoms with Gasteiger partial charge in [-0.15, -0.1) is 0 Å². The summed E-state index contributed by atoms with van der Waals surface area (Å²) in [5.74, 6) is 1.82. The number of hydrogen-bond acceptors (Lipinski definition) is 2. The van der Waals surface area contributed by atoms with Crippen molar-refractivity contribution >= 4 is 5.78 Å². The number of benzene rings is 1. The third-order valence-corrected chi connectivity index (χ3v) is 5.44. The van der Waals surface area contributed by atoms with Gasteiger partial charge < -0.3 is 10.1 Å². The van der Waals surface area contributed by atoms with E-state index in [1.165, 1.54) is 12.0 Å². The Kier molecular flexibility index (Phi) is 3.53.